The smallest absolute Gasteiger partial charge is 0.227 e. The van der Waals surface area contributed by atoms with Crippen LogP contribution in [-0.2, 0) is 16.4 Å². The van der Waals surface area contributed by atoms with Gasteiger partial charge in [-0.3, -0.25) is 4.79 Å². The van der Waals surface area contributed by atoms with Gasteiger partial charge in [-0.15, -0.1) is 0 Å². The van der Waals surface area contributed by atoms with Gasteiger partial charge in [0, 0.05) is 12.3 Å². The molecule has 1 rings (SSSR count). The molecule has 0 aliphatic heterocycles. The molecule has 0 spiro atoms. The van der Waals surface area contributed by atoms with Crippen LogP contribution in [0, 0.1) is 0 Å². The number of aliphatic hydroxyl groups excluding tert-OH is 1. The summed E-state index contributed by atoms with van der Waals surface area (Å²) >= 11 is 0. The monoisotopic (exact) mass is 248 g/mol. The van der Waals surface area contributed by atoms with Crippen LogP contribution in [0.2, 0.25) is 0 Å². The van der Waals surface area contributed by atoms with Gasteiger partial charge in [-0.2, -0.15) is 0 Å². The van der Waals surface area contributed by atoms with E-state index in [-0.39, 0.29) is 30.5 Å². The van der Waals surface area contributed by atoms with Crippen LogP contribution in [-0.4, -0.2) is 32.1 Å². The first-order valence-corrected chi connectivity index (χ1v) is 6.51. The molecule has 0 radical (unpaired) electrons. The lowest BCUT2D eigenvalue weighted by atomic mass is 10.4. The first-order chi connectivity index (χ1) is 7.42. The van der Waals surface area contributed by atoms with Crippen LogP contribution in [0.1, 0.15) is 5.76 Å². The summed E-state index contributed by atoms with van der Waals surface area (Å²) in [6.07, 6.45) is 2.13. The zero-order chi connectivity index (χ0) is 12.2. The van der Waals surface area contributed by atoms with Gasteiger partial charge in [0.1, 0.15) is 25.2 Å². The second kappa shape index (κ2) is 5.13. The Balaban J connectivity index is 2.65. The van der Waals surface area contributed by atoms with Crippen LogP contribution in [0.3, 0.4) is 0 Å². The van der Waals surface area contributed by atoms with E-state index in [9.17, 15) is 13.2 Å². The molecule has 1 aromatic rings. The summed E-state index contributed by atoms with van der Waals surface area (Å²) < 4.78 is 31.4. The molecule has 0 amide bonds. The third-order valence-corrected chi connectivity index (χ3v) is 2.63. The van der Waals surface area contributed by atoms with E-state index in [0.717, 1.165) is 18.6 Å². The van der Waals surface area contributed by atoms with Crippen molar-refractivity contribution in [2.24, 2.45) is 0 Å². The molecular weight excluding hydrogens is 236 g/mol. The second-order valence-corrected chi connectivity index (χ2v) is 5.47. The molecule has 7 heteroatoms. The molecule has 0 saturated carbocycles. The maximum absolute atomic E-state index is 11.3. The number of aliphatic hydroxyl groups is 1. The average molecular weight is 248 g/mol. The summed E-state index contributed by atoms with van der Waals surface area (Å²) in [7, 11) is -3.12. The van der Waals surface area contributed by atoms with E-state index in [1.165, 1.54) is 0 Å². The first kappa shape index (κ1) is 12.7. The van der Waals surface area contributed by atoms with Crippen LogP contribution in [0.4, 0.5) is 0 Å². The van der Waals surface area contributed by atoms with Crippen LogP contribution in [0.25, 0.3) is 0 Å². The topological polar surface area (TPSA) is 93.8 Å². The van der Waals surface area contributed by atoms with E-state index >= 15 is 0 Å². The third kappa shape index (κ3) is 4.03. The van der Waals surface area contributed by atoms with E-state index in [4.69, 9.17) is 14.3 Å². The quantitative estimate of drug-likeness (QED) is 0.759. The number of sulfone groups is 1. The highest BCUT2D eigenvalue weighted by molar-refractivity contribution is 7.90. The Morgan fingerprint density at radius 1 is 1.50 bits per heavy atom. The third-order valence-electron chi connectivity index (χ3n) is 1.72. The van der Waals surface area contributed by atoms with Gasteiger partial charge in [0.05, 0.1) is 5.75 Å². The van der Waals surface area contributed by atoms with Gasteiger partial charge in [0.15, 0.2) is 9.84 Å². The molecular formula is C9H12O6S. The van der Waals surface area contributed by atoms with Crippen molar-refractivity contribution < 1.29 is 22.7 Å². The molecule has 1 heterocycles. The minimum atomic E-state index is -3.12. The molecule has 0 aromatic carbocycles. The lowest BCUT2D eigenvalue weighted by Gasteiger charge is -2.04. The lowest BCUT2D eigenvalue weighted by Crippen LogP contribution is -2.15. The molecule has 0 aliphatic rings. The van der Waals surface area contributed by atoms with Crippen molar-refractivity contribution in [3.05, 3.63) is 28.3 Å². The van der Waals surface area contributed by atoms with Crippen LogP contribution in [0.5, 0.6) is 5.75 Å². The van der Waals surface area contributed by atoms with E-state index < -0.39 is 15.3 Å². The predicted molar refractivity (Wildman–Crippen MR) is 56.1 cm³/mol. The largest absolute Gasteiger partial charge is 0.486 e. The van der Waals surface area contributed by atoms with Crippen molar-refractivity contribution in [1.82, 2.24) is 0 Å². The number of hydrogen-bond acceptors (Lipinski definition) is 6. The predicted octanol–water partition coefficient (Wildman–Crippen LogP) is -0.444. The van der Waals surface area contributed by atoms with Crippen molar-refractivity contribution in [2.45, 2.75) is 6.61 Å². The van der Waals surface area contributed by atoms with Gasteiger partial charge in [0.25, 0.3) is 0 Å². The van der Waals surface area contributed by atoms with E-state index in [1.807, 2.05) is 0 Å². The Kier molecular flexibility index (Phi) is 4.08. The van der Waals surface area contributed by atoms with Crippen LogP contribution >= 0.6 is 0 Å². The Morgan fingerprint density at radius 3 is 2.69 bits per heavy atom. The fourth-order valence-electron chi connectivity index (χ4n) is 0.930. The maximum atomic E-state index is 11.3. The van der Waals surface area contributed by atoms with Gasteiger partial charge < -0.3 is 14.3 Å². The van der Waals surface area contributed by atoms with Gasteiger partial charge in [0.2, 0.25) is 11.2 Å². The Morgan fingerprint density at radius 2 is 2.19 bits per heavy atom. The molecule has 6 nitrogen and oxygen atoms in total. The molecule has 1 aromatic heterocycles. The summed E-state index contributed by atoms with van der Waals surface area (Å²) in [6.45, 7) is -0.485. The van der Waals surface area contributed by atoms with Crippen molar-refractivity contribution in [3.63, 3.8) is 0 Å². The Hall–Kier alpha value is -1.34. The molecule has 1 N–H and O–H groups in total. The van der Waals surface area contributed by atoms with Crippen LogP contribution < -0.4 is 10.2 Å². The molecule has 16 heavy (non-hydrogen) atoms. The number of rotatable bonds is 5. The average Bonchev–Trinajstić information content (AvgIpc) is 2.18. The standard InChI is InChI=1S/C9H12O6S/c1-16(12,13)3-2-14-9-6-15-7(5-10)4-8(9)11/h4,6,10H,2-3,5H2,1H3. The first-order valence-electron chi connectivity index (χ1n) is 4.45. The van der Waals surface area contributed by atoms with E-state index in [0.29, 0.717) is 0 Å². The van der Waals surface area contributed by atoms with Crippen molar-refractivity contribution in [2.75, 3.05) is 18.6 Å². The zero-order valence-electron chi connectivity index (χ0n) is 8.67. The molecule has 0 saturated heterocycles. The summed E-state index contributed by atoms with van der Waals surface area (Å²) in [4.78, 5) is 11.3. The number of hydrogen-bond donors (Lipinski definition) is 1. The highest BCUT2D eigenvalue weighted by Gasteiger charge is 2.06. The summed E-state index contributed by atoms with van der Waals surface area (Å²) in [5, 5.41) is 8.68. The van der Waals surface area contributed by atoms with Crippen molar-refractivity contribution in [1.29, 1.82) is 0 Å². The molecule has 0 atom stereocenters. The second-order valence-electron chi connectivity index (χ2n) is 3.21. The fourth-order valence-corrected chi connectivity index (χ4v) is 1.32. The van der Waals surface area contributed by atoms with Gasteiger partial charge >= 0.3 is 0 Å². The van der Waals surface area contributed by atoms with Crippen molar-refractivity contribution >= 4 is 9.84 Å². The molecule has 0 aliphatic carbocycles. The summed E-state index contributed by atoms with van der Waals surface area (Å²) in [5.74, 6) is -0.116. The zero-order valence-corrected chi connectivity index (χ0v) is 9.49. The number of ether oxygens (including phenoxy) is 1. The van der Waals surface area contributed by atoms with E-state index in [2.05, 4.69) is 0 Å². The SMILES string of the molecule is CS(=O)(=O)CCOc1coc(CO)cc1=O. The van der Waals surface area contributed by atoms with Gasteiger partial charge in [-0.25, -0.2) is 8.42 Å². The Labute approximate surface area is 92.4 Å². The molecule has 0 bridgehead atoms. The highest BCUT2D eigenvalue weighted by Crippen LogP contribution is 2.05. The van der Waals surface area contributed by atoms with Crippen molar-refractivity contribution in [3.8, 4) is 5.75 Å². The van der Waals surface area contributed by atoms with E-state index in [1.54, 1.807) is 0 Å². The summed E-state index contributed by atoms with van der Waals surface area (Å²) in [5.41, 5.74) is -0.455. The minimum Gasteiger partial charge on any atom is -0.486 e. The van der Waals surface area contributed by atoms with Gasteiger partial charge in [-0.05, 0) is 0 Å². The molecule has 90 valence electrons. The fraction of sp³-hybridized carbons (Fsp3) is 0.444. The molecule has 0 unspecified atom stereocenters. The van der Waals surface area contributed by atoms with Gasteiger partial charge in [-0.1, -0.05) is 0 Å². The lowest BCUT2D eigenvalue weighted by molar-refractivity contribution is 0.238. The minimum absolute atomic E-state index is 0.0687. The normalized spacial score (nSPS) is 11.4. The maximum Gasteiger partial charge on any atom is 0.227 e. The van der Waals surface area contributed by atoms with Crippen LogP contribution in [0.15, 0.2) is 21.5 Å². The molecule has 0 fully saturated rings. The summed E-state index contributed by atoms with van der Waals surface area (Å²) in [6, 6.07) is 1.09. The Bertz CT molecular complexity index is 501. The highest BCUT2D eigenvalue weighted by atomic mass is 32.2.